The van der Waals surface area contributed by atoms with E-state index in [2.05, 4.69) is 36.0 Å². The summed E-state index contributed by atoms with van der Waals surface area (Å²) in [5, 5.41) is 23.5. The smallest absolute Gasteiger partial charge is 0.199 e. The zero-order valence-electron chi connectivity index (χ0n) is 17.3. The Morgan fingerprint density at radius 2 is 1.64 bits per heavy atom. The highest BCUT2D eigenvalue weighted by atomic mass is 35.5. The van der Waals surface area contributed by atoms with Gasteiger partial charge in [-0.3, -0.25) is 5.10 Å². The van der Waals surface area contributed by atoms with Crippen molar-refractivity contribution in [3.63, 3.8) is 0 Å². The maximum absolute atomic E-state index is 6.37. The van der Waals surface area contributed by atoms with E-state index in [-0.39, 0.29) is 5.96 Å². The minimum atomic E-state index is 0.177. The molecule has 33 heavy (non-hydrogen) atoms. The summed E-state index contributed by atoms with van der Waals surface area (Å²) in [5.74, 6) is 1.19. The molecule has 3 aromatic carbocycles. The molecule has 0 bridgehead atoms. The van der Waals surface area contributed by atoms with Gasteiger partial charge in [0, 0.05) is 5.56 Å². The van der Waals surface area contributed by atoms with Crippen LogP contribution in [0.3, 0.4) is 0 Å². The maximum atomic E-state index is 6.37. The van der Waals surface area contributed by atoms with Gasteiger partial charge in [-0.15, -0.1) is 10.2 Å². The van der Waals surface area contributed by atoms with Crippen LogP contribution in [0.15, 0.2) is 89.9 Å². The molecule has 9 heteroatoms. The molecule has 0 radical (unpaired) electrons. The molecule has 5 aromatic rings. The highest BCUT2D eigenvalue weighted by molar-refractivity contribution is 6.36. The van der Waals surface area contributed by atoms with Crippen molar-refractivity contribution >= 4 is 51.5 Å². The fourth-order valence-corrected chi connectivity index (χ4v) is 3.65. The van der Waals surface area contributed by atoms with E-state index in [1.54, 1.807) is 6.07 Å². The van der Waals surface area contributed by atoms with Crippen LogP contribution in [0.1, 0.15) is 0 Å². The zero-order valence-corrected chi connectivity index (χ0v) is 18.1. The van der Waals surface area contributed by atoms with Crippen molar-refractivity contribution in [2.75, 3.05) is 10.6 Å². The predicted octanol–water partition coefficient (Wildman–Crippen LogP) is 5.48. The van der Waals surface area contributed by atoms with Gasteiger partial charge < -0.3 is 16.4 Å². The molecule has 2 aromatic heterocycles. The van der Waals surface area contributed by atoms with Gasteiger partial charge >= 0.3 is 0 Å². The second-order valence-corrected chi connectivity index (χ2v) is 7.58. The average Bonchev–Trinajstić information content (AvgIpc) is 3.25. The molecular formula is C24H19ClN8. The van der Waals surface area contributed by atoms with E-state index in [4.69, 9.17) is 17.3 Å². The molecule has 5 rings (SSSR count). The summed E-state index contributed by atoms with van der Waals surface area (Å²) < 4.78 is 0. The highest BCUT2D eigenvalue weighted by Gasteiger charge is 2.11. The quantitative estimate of drug-likeness (QED) is 0.206. The van der Waals surface area contributed by atoms with Gasteiger partial charge in [0.25, 0.3) is 0 Å². The predicted molar refractivity (Wildman–Crippen MR) is 133 cm³/mol. The second-order valence-electron chi connectivity index (χ2n) is 7.17. The number of nitrogens with zero attached hydrogens (tertiary/aromatic N) is 4. The molecular weight excluding hydrogens is 436 g/mol. The van der Waals surface area contributed by atoms with Crippen molar-refractivity contribution in [1.29, 1.82) is 0 Å². The fourth-order valence-electron chi connectivity index (χ4n) is 3.39. The van der Waals surface area contributed by atoms with Gasteiger partial charge in [0.15, 0.2) is 17.6 Å². The Balaban J connectivity index is 1.36. The lowest BCUT2D eigenvalue weighted by atomic mass is 10.1. The van der Waals surface area contributed by atoms with Crippen LogP contribution in [0.4, 0.5) is 23.0 Å². The fraction of sp³-hybridized carbons (Fsp3) is 0. The lowest BCUT2D eigenvalue weighted by Gasteiger charge is -2.12. The summed E-state index contributed by atoms with van der Waals surface area (Å²) in [7, 11) is 0. The molecule has 2 heterocycles. The first-order valence-electron chi connectivity index (χ1n) is 10.2. The molecule has 0 fully saturated rings. The Kier molecular flexibility index (Phi) is 5.57. The standard InChI is InChI=1S/C24H19ClN8/c25-16-9-6-12-20-22(16)23(33-31-20)27-18-10-4-5-11-19(18)28-24(26)29-21-14-13-17(30-32-21)15-7-2-1-3-8-15/h1-14H,(H2,27,31,33)(H3,26,28,29,32). The number of hydrogen-bond acceptors (Lipinski definition) is 5. The van der Waals surface area contributed by atoms with Gasteiger partial charge in [-0.25, -0.2) is 0 Å². The summed E-state index contributed by atoms with van der Waals surface area (Å²) in [6.07, 6.45) is 0. The van der Waals surface area contributed by atoms with Gasteiger partial charge in [0.1, 0.15) is 0 Å². The molecule has 5 N–H and O–H groups in total. The number of hydrogen-bond donors (Lipinski definition) is 4. The summed E-state index contributed by atoms with van der Waals surface area (Å²) in [6.45, 7) is 0. The van der Waals surface area contributed by atoms with E-state index in [0.29, 0.717) is 16.7 Å². The number of aromatic amines is 1. The Morgan fingerprint density at radius 3 is 2.42 bits per heavy atom. The minimum absolute atomic E-state index is 0.177. The monoisotopic (exact) mass is 454 g/mol. The third-order valence-electron chi connectivity index (χ3n) is 4.94. The first-order valence-corrected chi connectivity index (χ1v) is 10.5. The number of nitrogens with one attached hydrogen (secondary N) is 3. The Hall–Kier alpha value is -4.43. The van der Waals surface area contributed by atoms with E-state index in [0.717, 1.165) is 33.5 Å². The molecule has 0 spiro atoms. The molecule has 8 nitrogen and oxygen atoms in total. The van der Waals surface area contributed by atoms with E-state index >= 15 is 0 Å². The Morgan fingerprint density at radius 1 is 0.848 bits per heavy atom. The van der Waals surface area contributed by atoms with Crippen LogP contribution in [0.5, 0.6) is 0 Å². The van der Waals surface area contributed by atoms with Crippen LogP contribution in [0.2, 0.25) is 5.02 Å². The molecule has 0 saturated heterocycles. The first kappa shape index (κ1) is 20.5. The third-order valence-corrected chi connectivity index (χ3v) is 5.25. The topological polar surface area (TPSA) is 117 Å². The Labute approximate surface area is 194 Å². The third kappa shape index (κ3) is 4.46. The number of anilines is 3. The number of aliphatic imine (C=N–C) groups is 1. The normalized spacial score (nSPS) is 11.5. The molecule has 0 aliphatic heterocycles. The van der Waals surface area contributed by atoms with Crippen LogP contribution >= 0.6 is 11.6 Å². The molecule has 0 unspecified atom stereocenters. The summed E-state index contributed by atoms with van der Waals surface area (Å²) in [4.78, 5) is 4.33. The second kappa shape index (κ2) is 8.97. The lowest BCUT2D eigenvalue weighted by Crippen LogP contribution is -2.22. The number of nitrogens with two attached hydrogens (primary N) is 1. The van der Waals surface area contributed by atoms with Crippen LogP contribution in [0, 0.1) is 0 Å². The molecule has 0 aliphatic carbocycles. The van der Waals surface area contributed by atoms with Crippen molar-refractivity contribution in [2.45, 2.75) is 0 Å². The van der Waals surface area contributed by atoms with Gasteiger partial charge in [0.2, 0.25) is 0 Å². The van der Waals surface area contributed by atoms with Crippen molar-refractivity contribution in [2.24, 2.45) is 10.7 Å². The van der Waals surface area contributed by atoms with Crippen LogP contribution in [0.25, 0.3) is 22.2 Å². The number of H-pyrrole nitrogens is 1. The van der Waals surface area contributed by atoms with Crippen LogP contribution in [-0.4, -0.2) is 26.4 Å². The number of halogens is 1. The van der Waals surface area contributed by atoms with Gasteiger partial charge in [0.05, 0.1) is 33.0 Å². The average molecular weight is 455 g/mol. The van der Waals surface area contributed by atoms with Crippen LogP contribution in [-0.2, 0) is 0 Å². The lowest BCUT2D eigenvalue weighted by molar-refractivity contribution is 1.03. The van der Waals surface area contributed by atoms with Crippen molar-refractivity contribution in [3.05, 3.63) is 90.0 Å². The number of rotatable bonds is 5. The van der Waals surface area contributed by atoms with Crippen molar-refractivity contribution in [1.82, 2.24) is 20.4 Å². The number of benzene rings is 3. The summed E-state index contributed by atoms with van der Waals surface area (Å²) in [5.41, 5.74) is 10.2. The highest BCUT2D eigenvalue weighted by Crippen LogP contribution is 2.32. The van der Waals surface area contributed by atoms with Gasteiger partial charge in [-0.1, -0.05) is 60.1 Å². The number of guanidine groups is 1. The van der Waals surface area contributed by atoms with Gasteiger partial charge in [-0.05, 0) is 36.4 Å². The summed E-state index contributed by atoms with van der Waals surface area (Å²) >= 11 is 6.37. The zero-order chi connectivity index (χ0) is 22.6. The molecule has 0 aliphatic rings. The Bertz CT molecular complexity index is 1430. The molecule has 0 saturated carbocycles. The van der Waals surface area contributed by atoms with Crippen molar-refractivity contribution in [3.8, 4) is 11.3 Å². The largest absolute Gasteiger partial charge is 0.369 e. The number of fused-ring (bicyclic) bond motifs is 1. The van der Waals surface area contributed by atoms with Crippen molar-refractivity contribution < 1.29 is 0 Å². The first-order chi connectivity index (χ1) is 16.2. The van der Waals surface area contributed by atoms with E-state index < -0.39 is 0 Å². The number of aromatic nitrogens is 4. The number of para-hydroxylation sites is 2. The van der Waals surface area contributed by atoms with Crippen LogP contribution < -0.4 is 16.4 Å². The summed E-state index contributed by atoms with van der Waals surface area (Å²) in [6, 6.07) is 26.6. The SMILES string of the molecule is NC(=Nc1ccc(-c2ccccc2)nn1)Nc1ccccc1Nc1n[nH]c2cccc(Cl)c12. The van der Waals surface area contributed by atoms with Gasteiger partial charge in [-0.2, -0.15) is 10.1 Å². The molecule has 162 valence electrons. The molecule has 0 amide bonds. The van der Waals surface area contributed by atoms with E-state index in [1.165, 1.54) is 0 Å². The minimum Gasteiger partial charge on any atom is -0.369 e. The van der Waals surface area contributed by atoms with E-state index in [1.807, 2.05) is 78.9 Å². The van der Waals surface area contributed by atoms with E-state index in [9.17, 15) is 0 Å². The maximum Gasteiger partial charge on any atom is 0.199 e. The molecule has 0 atom stereocenters.